The molecule has 0 N–H and O–H groups in total. The highest BCUT2D eigenvalue weighted by atomic mass is 16.5. The topological polar surface area (TPSA) is 83.6 Å². The largest absolute Gasteiger partial charge is 0.493 e. The predicted molar refractivity (Wildman–Crippen MR) is 112 cm³/mol. The summed E-state index contributed by atoms with van der Waals surface area (Å²) in [4.78, 5) is 24.7. The number of rotatable bonds is 8. The Morgan fingerprint density at radius 3 is 2.63 bits per heavy atom. The standard InChI is InChI=1S/C23H24N2O5/c1-5-28-21-9-7-6-8-18(21)10-11-23(27)29-14-20(26)19-12-15(2)25(17(19)4)22-13-16(3)30-24-22/h6-13H,5,14H2,1-4H3/b11-10+. The number of esters is 1. The van der Waals surface area contributed by atoms with Crippen LogP contribution in [-0.4, -0.2) is 34.7 Å². The second kappa shape index (κ2) is 9.26. The zero-order valence-electron chi connectivity index (χ0n) is 17.5. The number of aromatic nitrogens is 2. The Morgan fingerprint density at radius 1 is 1.17 bits per heavy atom. The summed E-state index contributed by atoms with van der Waals surface area (Å²) in [5, 5.41) is 4.00. The molecule has 0 unspecified atom stereocenters. The first-order valence-corrected chi connectivity index (χ1v) is 9.63. The maximum Gasteiger partial charge on any atom is 0.331 e. The van der Waals surface area contributed by atoms with Crippen LogP contribution in [0.5, 0.6) is 5.75 Å². The molecule has 0 saturated heterocycles. The average molecular weight is 408 g/mol. The molecule has 0 aliphatic carbocycles. The molecule has 0 aliphatic heterocycles. The maximum atomic E-state index is 12.6. The summed E-state index contributed by atoms with van der Waals surface area (Å²) in [6.45, 7) is 7.56. The van der Waals surface area contributed by atoms with Crippen molar-refractivity contribution in [3.8, 4) is 11.6 Å². The molecule has 156 valence electrons. The van der Waals surface area contributed by atoms with E-state index in [1.165, 1.54) is 6.08 Å². The Kier molecular flexibility index (Phi) is 6.51. The first-order valence-electron chi connectivity index (χ1n) is 9.63. The monoisotopic (exact) mass is 408 g/mol. The zero-order chi connectivity index (χ0) is 21.7. The fraction of sp³-hybridized carbons (Fsp3) is 0.261. The molecule has 0 bridgehead atoms. The third-order valence-corrected chi connectivity index (χ3v) is 4.54. The van der Waals surface area contributed by atoms with E-state index in [0.717, 1.165) is 11.3 Å². The molecular weight excluding hydrogens is 384 g/mol. The fourth-order valence-electron chi connectivity index (χ4n) is 3.18. The Labute approximate surface area is 174 Å². The van der Waals surface area contributed by atoms with Crippen LogP contribution in [0.3, 0.4) is 0 Å². The summed E-state index contributed by atoms with van der Waals surface area (Å²) in [6, 6.07) is 10.9. The van der Waals surface area contributed by atoms with Gasteiger partial charge < -0.3 is 14.0 Å². The number of hydrogen-bond acceptors (Lipinski definition) is 6. The van der Waals surface area contributed by atoms with Crippen molar-refractivity contribution in [3.63, 3.8) is 0 Å². The molecule has 0 atom stereocenters. The molecule has 1 aromatic carbocycles. The van der Waals surface area contributed by atoms with E-state index in [2.05, 4.69) is 5.16 Å². The minimum absolute atomic E-state index is 0.286. The van der Waals surface area contributed by atoms with Gasteiger partial charge in [0.15, 0.2) is 12.4 Å². The molecule has 30 heavy (non-hydrogen) atoms. The van der Waals surface area contributed by atoms with Crippen molar-refractivity contribution < 1.29 is 23.6 Å². The highest BCUT2D eigenvalue weighted by molar-refractivity contribution is 6.00. The van der Waals surface area contributed by atoms with Crippen molar-refractivity contribution in [3.05, 3.63) is 70.7 Å². The lowest BCUT2D eigenvalue weighted by Gasteiger charge is -2.06. The number of hydrogen-bond donors (Lipinski definition) is 0. The summed E-state index contributed by atoms with van der Waals surface area (Å²) in [6.07, 6.45) is 2.89. The normalized spacial score (nSPS) is 11.1. The minimum Gasteiger partial charge on any atom is -0.493 e. The summed E-state index contributed by atoms with van der Waals surface area (Å²) in [5.41, 5.74) is 2.78. The Morgan fingerprint density at radius 2 is 1.93 bits per heavy atom. The van der Waals surface area contributed by atoms with Gasteiger partial charge in [0.1, 0.15) is 11.5 Å². The molecular formula is C23H24N2O5. The number of aryl methyl sites for hydroxylation is 2. The molecule has 0 fully saturated rings. The summed E-state index contributed by atoms with van der Waals surface area (Å²) in [5.74, 6) is 1.07. The summed E-state index contributed by atoms with van der Waals surface area (Å²) < 4.78 is 17.6. The van der Waals surface area contributed by atoms with Crippen molar-refractivity contribution in [1.29, 1.82) is 0 Å². The van der Waals surface area contributed by atoms with Crippen LogP contribution < -0.4 is 4.74 Å². The number of nitrogens with zero attached hydrogens (tertiary/aromatic N) is 2. The first kappa shape index (κ1) is 21.1. The lowest BCUT2D eigenvalue weighted by Crippen LogP contribution is -2.13. The van der Waals surface area contributed by atoms with E-state index in [-0.39, 0.29) is 12.4 Å². The van der Waals surface area contributed by atoms with E-state index < -0.39 is 5.97 Å². The van der Waals surface area contributed by atoms with Crippen LogP contribution >= 0.6 is 0 Å². The van der Waals surface area contributed by atoms with Gasteiger partial charge in [-0.05, 0) is 45.9 Å². The van der Waals surface area contributed by atoms with Gasteiger partial charge in [0.2, 0.25) is 5.78 Å². The number of para-hydroxylation sites is 1. The number of benzene rings is 1. The summed E-state index contributed by atoms with van der Waals surface area (Å²) in [7, 11) is 0. The molecule has 7 nitrogen and oxygen atoms in total. The Bertz CT molecular complexity index is 1090. The molecule has 3 aromatic rings. The van der Waals surface area contributed by atoms with Gasteiger partial charge in [-0.3, -0.25) is 9.36 Å². The molecule has 2 aromatic heterocycles. The van der Waals surface area contributed by atoms with Gasteiger partial charge in [0.25, 0.3) is 0 Å². The maximum absolute atomic E-state index is 12.6. The molecule has 0 amide bonds. The van der Waals surface area contributed by atoms with Gasteiger partial charge >= 0.3 is 5.97 Å². The lowest BCUT2D eigenvalue weighted by molar-refractivity contribution is -0.136. The van der Waals surface area contributed by atoms with E-state index in [4.69, 9.17) is 14.0 Å². The van der Waals surface area contributed by atoms with Crippen LogP contribution in [0.25, 0.3) is 11.9 Å². The summed E-state index contributed by atoms with van der Waals surface area (Å²) >= 11 is 0. The van der Waals surface area contributed by atoms with Crippen molar-refractivity contribution in [1.82, 2.24) is 9.72 Å². The van der Waals surface area contributed by atoms with Crippen LogP contribution in [0.15, 0.2) is 47.0 Å². The molecule has 3 rings (SSSR count). The zero-order valence-corrected chi connectivity index (χ0v) is 17.5. The molecule has 0 saturated carbocycles. The Hall–Kier alpha value is -3.61. The lowest BCUT2D eigenvalue weighted by atomic mass is 10.1. The van der Waals surface area contributed by atoms with Crippen molar-refractivity contribution in [2.45, 2.75) is 27.7 Å². The van der Waals surface area contributed by atoms with Crippen molar-refractivity contribution in [2.24, 2.45) is 0 Å². The van der Waals surface area contributed by atoms with E-state index >= 15 is 0 Å². The molecule has 0 aliphatic rings. The van der Waals surface area contributed by atoms with E-state index in [1.807, 2.05) is 49.6 Å². The predicted octanol–water partition coefficient (Wildman–Crippen LogP) is 4.23. The minimum atomic E-state index is -0.601. The first-order chi connectivity index (χ1) is 14.4. The number of ketones is 1. The van der Waals surface area contributed by atoms with Crippen molar-refractivity contribution >= 4 is 17.8 Å². The van der Waals surface area contributed by atoms with Crippen LogP contribution in [-0.2, 0) is 9.53 Å². The SMILES string of the molecule is CCOc1ccccc1/C=C/C(=O)OCC(=O)c1cc(C)n(-c2cc(C)on2)c1C. The highest BCUT2D eigenvalue weighted by Crippen LogP contribution is 2.22. The van der Waals surface area contributed by atoms with Crippen LogP contribution in [0.4, 0.5) is 0 Å². The number of ether oxygens (including phenoxy) is 2. The van der Waals surface area contributed by atoms with Gasteiger partial charge in [-0.25, -0.2) is 4.79 Å². The molecule has 2 heterocycles. The number of carbonyl (C=O) groups is 2. The quantitative estimate of drug-likeness (QED) is 0.315. The van der Waals surface area contributed by atoms with Gasteiger partial charge in [-0.2, -0.15) is 0 Å². The van der Waals surface area contributed by atoms with Crippen molar-refractivity contribution in [2.75, 3.05) is 13.2 Å². The van der Waals surface area contributed by atoms with E-state index in [9.17, 15) is 9.59 Å². The molecule has 0 spiro atoms. The van der Waals surface area contributed by atoms with Gasteiger partial charge in [0.05, 0.1) is 6.61 Å². The van der Waals surface area contributed by atoms with Crippen LogP contribution in [0.2, 0.25) is 0 Å². The second-order valence-corrected chi connectivity index (χ2v) is 6.75. The van der Waals surface area contributed by atoms with Gasteiger partial charge in [0, 0.05) is 34.7 Å². The van der Waals surface area contributed by atoms with Gasteiger partial charge in [-0.15, -0.1) is 0 Å². The Balaban J connectivity index is 1.65. The highest BCUT2D eigenvalue weighted by Gasteiger charge is 2.19. The number of carbonyl (C=O) groups excluding carboxylic acids is 2. The fourth-order valence-corrected chi connectivity index (χ4v) is 3.18. The average Bonchev–Trinajstić information content (AvgIpc) is 3.27. The smallest absolute Gasteiger partial charge is 0.331 e. The third kappa shape index (κ3) is 4.68. The van der Waals surface area contributed by atoms with Gasteiger partial charge in [-0.1, -0.05) is 23.4 Å². The number of Topliss-reactive ketones (excluding diaryl/α,β-unsaturated/α-hetero) is 1. The molecule has 0 radical (unpaired) electrons. The van der Waals surface area contributed by atoms with E-state index in [0.29, 0.717) is 35.2 Å². The second-order valence-electron chi connectivity index (χ2n) is 6.75. The van der Waals surface area contributed by atoms with Crippen LogP contribution in [0, 0.1) is 20.8 Å². The van der Waals surface area contributed by atoms with Crippen LogP contribution in [0.1, 0.15) is 40.0 Å². The molecule has 7 heteroatoms. The third-order valence-electron chi connectivity index (χ3n) is 4.54. The van der Waals surface area contributed by atoms with E-state index in [1.54, 1.807) is 25.1 Å².